The summed E-state index contributed by atoms with van der Waals surface area (Å²) in [5.41, 5.74) is 2.91. The number of H-pyrrole nitrogens is 1. The number of amides is 1. The first-order chi connectivity index (χ1) is 18.1. The number of nitrogens with zero attached hydrogens (tertiary/aromatic N) is 6. The van der Waals surface area contributed by atoms with Crippen LogP contribution >= 0.6 is 11.3 Å². The van der Waals surface area contributed by atoms with Crippen molar-refractivity contribution in [2.24, 2.45) is 0 Å². The topological polar surface area (TPSA) is 99.7 Å². The van der Waals surface area contributed by atoms with Crippen LogP contribution in [-0.2, 0) is 20.8 Å². The van der Waals surface area contributed by atoms with Gasteiger partial charge in [0.25, 0.3) is 0 Å². The van der Waals surface area contributed by atoms with Gasteiger partial charge in [-0.15, -0.1) is 11.3 Å². The number of likely N-dealkylation sites (tertiary alicyclic amines) is 1. The zero-order valence-electron chi connectivity index (χ0n) is 21.1. The van der Waals surface area contributed by atoms with Gasteiger partial charge >= 0.3 is 0 Å². The largest absolute Gasteiger partial charge is 0.378 e. The number of hydrogen-bond donors (Lipinski definition) is 1. The van der Waals surface area contributed by atoms with Crippen molar-refractivity contribution in [3.05, 3.63) is 35.3 Å². The maximum atomic E-state index is 12.3. The Morgan fingerprint density at radius 2 is 2.14 bits per heavy atom. The van der Waals surface area contributed by atoms with E-state index < -0.39 is 0 Å². The first-order valence-corrected chi connectivity index (χ1v) is 13.4. The Bertz CT molecular complexity index is 1410. The van der Waals surface area contributed by atoms with Crippen LogP contribution in [0.15, 0.2) is 30.5 Å². The number of ether oxygens (including phenoxy) is 2. The third-order valence-corrected chi connectivity index (χ3v) is 8.38. The van der Waals surface area contributed by atoms with Gasteiger partial charge < -0.3 is 19.3 Å². The van der Waals surface area contributed by atoms with Crippen LogP contribution in [0, 0.1) is 0 Å². The monoisotopic (exact) mass is 521 g/mol. The molecule has 6 rings (SSSR count). The minimum atomic E-state index is 0.0295. The molecular weight excluding hydrogens is 490 g/mol. The lowest BCUT2D eigenvalue weighted by Gasteiger charge is -2.28. The average molecular weight is 522 g/mol. The van der Waals surface area contributed by atoms with E-state index in [0.717, 1.165) is 71.6 Å². The van der Waals surface area contributed by atoms with Crippen molar-refractivity contribution >= 4 is 44.2 Å². The van der Waals surface area contributed by atoms with E-state index >= 15 is 0 Å². The molecule has 1 N–H and O–H groups in total. The predicted molar refractivity (Wildman–Crippen MR) is 144 cm³/mol. The van der Waals surface area contributed by atoms with Gasteiger partial charge in [-0.3, -0.25) is 14.8 Å². The van der Waals surface area contributed by atoms with E-state index in [-0.39, 0.29) is 18.6 Å². The Hall–Kier alpha value is -3.12. The smallest absolute Gasteiger partial charge is 0.248 e. The van der Waals surface area contributed by atoms with Gasteiger partial charge in [0.1, 0.15) is 6.61 Å². The van der Waals surface area contributed by atoms with Crippen molar-refractivity contribution in [3.63, 3.8) is 0 Å². The molecular formula is C26H31N7O3S. The van der Waals surface area contributed by atoms with E-state index in [2.05, 4.69) is 32.1 Å². The number of aromatic nitrogens is 4. The Labute approximate surface area is 219 Å². The highest BCUT2D eigenvalue weighted by molar-refractivity contribution is 7.19. The lowest BCUT2D eigenvalue weighted by atomic mass is 10.1. The molecule has 0 saturated carbocycles. The first kappa shape index (κ1) is 24.2. The standard InChI is InChI=1S/C26H31N7O3S/c1-31(23(34)16-35-2)17-6-7-32(14-17)15-18-12-22-24(37-18)26(33-8-10-36-11-9-33)29-25(28-22)19-4-3-5-21-20(19)13-27-30-21/h3-5,12-13,17H,6-11,14-16H2,1-2H3,(H,27,30). The number of nitrogens with one attached hydrogen (secondary N) is 1. The van der Waals surface area contributed by atoms with Crippen molar-refractivity contribution in [3.8, 4) is 11.4 Å². The fourth-order valence-electron chi connectivity index (χ4n) is 5.24. The van der Waals surface area contributed by atoms with Crippen molar-refractivity contribution in [1.82, 2.24) is 30.0 Å². The molecule has 1 atom stereocenters. The maximum Gasteiger partial charge on any atom is 0.248 e. The third kappa shape index (κ3) is 4.79. The van der Waals surface area contributed by atoms with E-state index in [1.807, 2.05) is 30.3 Å². The van der Waals surface area contributed by atoms with Crippen molar-refractivity contribution in [2.45, 2.75) is 19.0 Å². The molecule has 0 bridgehead atoms. The van der Waals surface area contributed by atoms with E-state index in [1.165, 1.54) is 4.88 Å². The lowest BCUT2D eigenvalue weighted by Crippen LogP contribution is -2.40. The number of morpholine rings is 1. The number of methoxy groups -OCH3 is 1. The lowest BCUT2D eigenvalue weighted by molar-refractivity contribution is -0.135. The molecule has 3 aromatic heterocycles. The fraction of sp³-hybridized carbons (Fsp3) is 0.462. The normalized spacial score (nSPS) is 18.8. The first-order valence-electron chi connectivity index (χ1n) is 12.6. The van der Waals surface area contributed by atoms with Crippen LogP contribution in [0.4, 0.5) is 5.82 Å². The number of carbonyl (C=O) groups excluding carboxylic acids is 1. The van der Waals surface area contributed by atoms with Crippen LogP contribution in [0.2, 0.25) is 0 Å². The molecule has 11 heteroatoms. The SMILES string of the molecule is COCC(=O)N(C)C1CCN(Cc2cc3nc(-c4cccc5[nH]ncc45)nc(N4CCOCC4)c3s2)C1. The molecule has 1 aromatic carbocycles. The Morgan fingerprint density at radius 1 is 1.27 bits per heavy atom. The maximum absolute atomic E-state index is 12.3. The number of rotatable bonds is 7. The summed E-state index contributed by atoms with van der Waals surface area (Å²) in [6.07, 6.45) is 2.80. The molecule has 0 radical (unpaired) electrons. The molecule has 1 unspecified atom stereocenters. The summed E-state index contributed by atoms with van der Waals surface area (Å²) in [6.45, 7) is 5.78. The van der Waals surface area contributed by atoms with Crippen molar-refractivity contribution in [1.29, 1.82) is 0 Å². The van der Waals surface area contributed by atoms with Gasteiger partial charge in [0.15, 0.2) is 11.6 Å². The summed E-state index contributed by atoms with van der Waals surface area (Å²) in [7, 11) is 3.44. The van der Waals surface area contributed by atoms with Crippen LogP contribution < -0.4 is 4.90 Å². The molecule has 2 fully saturated rings. The summed E-state index contributed by atoms with van der Waals surface area (Å²) in [5, 5.41) is 8.28. The van der Waals surface area contributed by atoms with Gasteiger partial charge in [0.2, 0.25) is 5.91 Å². The fourth-order valence-corrected chi connectivity index (χ4v) is 6.39. The quantitative estimate of drug-likeness (QED) is 0.396. The zero-order chi connectivity index (χ0) is 25.4. The van der Waals surface area contributed by atoms with Crippen LogP contribution in [0.1, 0.15) is 11.3 Å². The Morgan fingerprint density at radius 3 is 2.97 bits per heavy atom. The molecule has 37 heavy (non-hydrogen) atoms. The molecule has 2 saturated heterocycles. The van der Waals surface area contributed by atoms with Gasteiger partial charge in [-0.25, -0.2) is 9.97 Å². The number of likely N-dealkylation sites (N-methyl/N-ethyl adjacent to an activating group) is 1. The van der Waals surface area contributed by atoms with Crippen LogP contribution in [0.25, 0.3) is 32.5 Å². The van der Waals surface area contributed by atoms with Crippen LogP contribution in [0.5, 0.6) is 0 Å². The molecule has 4 aromatic rings. The Balaban J connectivity index is 1.31. The second kappa shape index (κ2) is 10.3. The molecule has 1 amide bonds. The summed E-state index contributed by atoms with van der Waals surface area (Å²) >= 11 is 1.77. The number of thiophene rings is 1. The number of fused-ring (bicyclic) bond motifs is 2. The molecule has 0 aliphatic carbocycles. The minimum absolute atomic E-state index is 0.0295. The molecule has 2 aliphatic heterocycles. The number of carbonyl (C=O) groups is 1. The number of aromatic amines is 1. The molecule has 0 spiro atoms. The van der Waals surface area contributed by atoms with Gasteiger partial charge in [-0.1, -0.05) is 12.1 Å². The highest BCUT2D eigenvalue weighted by Crippen LogP contribution is 2.36. The van der Waals surface area contributed by atoms with Gasteiger partial charge in [-0.2, -0.15) is 5.10 Å². The highest BCUT2D eigenvalue weighted by Gasteiger charge is 2.29. The average Bonchev–Trinajstić information content (AvgIpc) is 3.67. The highest BCUT2D eigenvalue weighted by atomic mass is 32.1. The molecule has 194 valence electrons. The second-order valence-corrected chi connectivity index (χ2v) is 10.8. The summed E-state index contributed by atoms with van der Waals surface area (Å²) < 4.78 is 11.8. The Kier molecular flexibility index (Phi) is 6.76. The zero-order valence-corrected chi connectivity index (χ0v) is 22.0. The number of hydrogen-bond acceptors (Lipinski definition) is 9. The van der Waals surface area contributed by atoms with E-state index in [9.17, 15) is 4.79 Å². The molecule has 5 heterocycles. The van der Waals surface area contributed by atoms with E-state index in [0.29, 0.717) is 19.0 Å². The number of anilines is 1. The van der Waals surface area contributed by atoms with Crippen molar-refractivity contribution < 1.29 is 14.3 Å². The molecule has 2 aliphatic rings. The van der Waals surface area contributed by atoms with E-state index in [1.54, 1.807) is 18.4 Å². The number of benzene rings is 1. The van der Waals surface area contributed by atoms with Gasteiger partial charge in [0.05, 0.1) is 35.1 Å². The summed E-state index contributed by atoms with van der Waals surface area (Å²) in [6, 6.07) is 8.50. The summed E-state index contributed by atoms with van der Waals surface area (Å²) in [5.74, 6) is 1.72. The van der Waals surface area contributed by atoms with Gasteiger partial charge in [-0.05, 0) is 18.6 Å². The molecule has 10 nitrogen and oxygen atoms in total. The third-order valence-electron chi connectivity index (χ3n) is 7.28. The predicted octanol–water partition coefficient (Wildman–Crippen LogP) is 2.75. The van der Waals surface area contributed by atoms with Crippen molar-refractivity contribution in [2.75, 3.05) is 65.1 Å². The van der Waals surface area contributed by atoms with E-state index in [4.69, 9.17) is 19.4 Å². The second-order valence-electron chi connectivity index (χ2n) is 9.65. The summed E-state index contributed by atoms with van der Waals surface area (Å²) in [4.78, 5) is 30.2. The minimum Gasteiger partial charge on any atom is -0.378 e. The van der Waals surface area contributed by atoms with Crippen LogP contribution in [-0.4, -0.2) is 102 Å². The van der Waals surface area contributed by atoms with Crippen LogP contribution in [0.3, 0.4) is 0 Å². The van der Waals surface area contributed by atoms with Gasteiger partial charge in [0, 0.05) is 68.7 Å².